The van der Waals surface area contributed by atoms with Gasteiger partial charge in [-0.3, -0.25) is 20.0 Å². The Hall–Kier alpha value is -4.66. The van der Waals surface area contributed by atoms with Crippen LogP contribution in [-0.4, -0.2) is 64.5 Å². The summed E-state index contributed by atoms with van der Waals surface area (Å²) in [5.41, 5.74) is 7.06. The number of rotatable bonds is 15. The average Bonchev–Trinajstić information content (AvgIpc) is 3.17. The summed E-state index contributed by atoms with van der Waals surface area (Å²) in [5, 5.41) is 31.3. The maximum Gasteiger partial charge on any atom is 0.323 e. The van der Waals surface area contributed by atoms with Crippen molar-refractivity contribution in [2.75, 3.05) is 26.3 Å². The van der Waals surface area contributed by atoms with Crippen LogP contribution in [0.1, 0.15) is 65.5 Å². The number of pyridine rings is 1. The zero-order valence-corrected chi connectivity index (χ0v) is 31.1. The molecule has 1 unspecified atom stereocenters. The minimum absolute atomic E-state index is 0.0618. The highest BCUT2D eigenvalue weighted by Crippen LogP contribution is 2.37. The van der Waals surface area contributed by atoms with E-state index < -0.39 is 18.6 Å². The van der Waals surface area contributed by atoms with Gasteiger partial charge in [0, 0.05) is 48.1 Å². The van der Waals surface area contributed by atoms with Crippen LogP contribution in [0.5, 0.6) is 17.2 Å². The van der Waals surface area contributed by atoms with Gasteiger partial charge in [-0.1, -0.05) is 48.4 Å². The molecule has 53 heavy (non-hydrogen) atoms. The van der Waals surface area contributed by atoms with E-state index in [0.29, 0.717) is 45.2 Å². The van der Waals surface area contributed by atoms with Crippen LogP contribution in [-0.2, 0) is 24.6 Å². The third-order valence-electron chi connectivity index (χ3n) is 10.5. The second kappa shape index (κ2) is 17.9. The zero-order valence-electron chi connectivity index (χ0n) is 30.3. The maximum absolute atomic E-state index is 11.5. The number of carboxylic acids is 1. The van der Waals surface area contributed by atoms with Crippen LogP contribution < -0.4 is 19.5 Å². The largest absolute Gasteiger partial charge is 0.493 e. The number of piperidine rings is 2. The fourth-order valence-electron chi connectivity index (χ4n) is 7.53. The zero-order chi connectivity index (χ0) is 37.3. The lowest BCUT2D eigenvalue weighted by molar-refractivity contribution is -0.140. The summed E-state index contributed by atoms with van der Waals surface area (Å²) in [7, 11) is 0. The summed E-state index contributed by atoms with van der Waals surface area (Å²) >= 11 is 6.73. The molecule has 4 aromatic rings. The molecule has 2 aliphatic heterocycles. The highest BCUT2D eigenvalue weighted by atomic mass is 35.5. The first-order valence-corrected chi connectivity index (χ1v) is 18.7. The number of nitrogens with zero attached hydrogens (tertiary/aromatic N) is 3. The Morgan fingerprint density at radius 2 is 1.72 bits per heavy atom. The molecule has 3 heterocycles. The van der Waals surface area contributed by atoms with Gasteiger partial charge < -0.3 is 24.4 Å². The van der Waals surface area contributed by atoms with E-state index in [9.17, 15) is 20.3 Å². The first-order chi connectivity index (χ1) is 25.7. The predicted octanol–water partition coefficient (Wildman–Crippen LogP) is 7.23. The fourth-order valence-corrected chi connectivity index (χ4v) is 7.77. The number of aliphatic hydroxyl groups excluding tert-OH is 1. The summed E-state index contributed by atoms with van der Waals surface area (Å²) in [6, 6.07) is 19.0. The second-order valence-electron chi connectivity index (χ2n) is 13.9. The average molecular weight is 739 g/mol. The minimum atomic E-state index is -1.18. The van der Waals surface area contributed by atoms with Gasteiger partial charge in [-0.15, -0.1) is 0 Å². The molecule has 6 rings (SSSR count). The van der Waals surface area contributed by atoms with Crippen LogP contribution in [0, 0.1) is 31.1 Å². The number of halogens is 1. The first kappa shape index (κ1) is 38.1. The van der Waals surface area contributed by atoms with Crippen molar-refractivity contribution in [3.63, 3.8) is 0 Å². The fraction of sp³-hybridized carbons (Fsp3) is 0.405. The molecule has 11 heteroatoms. The van der Waals surface area contributed by atoms with Crippen LogP contribution in [0.25, 0.3) is 11.1 Å². The molecule has 0 saturated carbocycles. The number of aromatic nitrogens is 1. The highest BCUT2D eigenvalue weighted by molar-refractivity contribution is 6.32. The maximum atomic E-state index is 11.5. The Morgan fingerprint density at radius 1 is 0.943 bits per heavy atom. The molecule has 0 radical (unpaired) electrons. The smallest absolute Gasteiger partial charge is 0.323 e. The molecule has 2 aliphatic rings. The van der Waals surface area contributed by atoms with E-state index >= 15 is 0 Å². The number of fused-ring (bicyclic) bond motifs is 1. The Bertz CT molecular complexity index is 1950. The van der Waals surface area contributed by atoms with Crippen molar-refractivity contribution in [1.82, 2.24) is 15.2 Å². The Morgan fingerprint density at radius 3 is 2.51 bits per heavy atom. The van der Waals surface area contributed by atoms with Crippen molar-refractivity contribution in [2.24, 2.45) is 5.92 Å². The molecular weight excluding hydrogens is 692 g/mol. The molecule has 1 aromatic heterocycles. The van der Waals surface area contributed by atoms with E-state index in [-0.39, 0.29) is 19.8 Å². The van der Waals surface area contributed by atoms with Crippen molar-refractivity contribution in [3.05, 3.63) is 105 Å². The number of hydrogen-bond donors (Lipinski definition) is 3. The van der Waals surface area contributed by atoms with Gasteiger partial charge in [0.05, 0.1) is 23.8 Å². The van der Waals surface area contributed by atoms with Crippen LogP contribution in [0.3, 0.4) is 0 Å². The Labute approximate surface area is 316 Å². The molecule has 3 atom stereocenters. The lowest BCUT2D eigenvalue weighted by Gasteiger charge is -2.44. The Kier molecular flexibility index (Phi) is 12.9. The molecule has 0 amide bonds. The molecular formula is C42H47ClN4O6. The van der Waals surface area contributed by atoms with Gasteiger partial charge in [-0.2, -0.15) is 5.26 Å². The molecule has 2 fully saturated rings. The molecule has 0 bridgehead atoms. The number of ether oxygens (including phenoxy) is 3. The predicted molar refractivity (Wildman–Crippen MR) is 203 cm³/mol. The normalized spacial score (nSPS) is 17.7. The second-order valence-corrected chi connectivity index (χ2v) is 14.4. The SMILES string of the molecule is Cc1c(COc2cc(OCc3cncc(C#N)c3)c(CN[C@H](CO)C(=O)O)cc2Cl)cccc1-c1cccc(OCC2CCCN3CCCC[C@H]23)c1C. The number of carboxylic acid groups (broad SMARTS) is 1. The molecule has 10 nitrogen and oxygen atoms in total. The van der Waals surface area contributed by atoms with Gasteiger partial charge in [0.25, 0.3) is 0 Å². The monoisotopic (exact) mass is 738 g/mol. The number of nitriles is 1. The van der Waals surface area contributed by atoms with E-state index in [4.69, 9.17) is 25.8 Å². The molecule has 2 saturated heterocycles. The van der Waals surface area contributed by atoms with Crippen LogP contribution in [0.2, 0.25) is 5.02 Å². The number of aliphatic hydroxyl groups is 1. The van der Waals surface area contributed by atoms with Crippen molar-refractivity contribution in [1.29, 1.82) is 5.26 Å². The topological polar surface area (TPSA) is 137 Å². The molecule has 0 aliphatic carbocycles. The van der Waals surface area contributed by atoms with E-state index in [0.717, 1.165) is 40.2 Å². The van der Waals surface area contributed by atoms with Gasteiger partial charge in [0.15, 0.2) is 0 Å². The summed E-state index contributed by atoms with van der Waals surface area (Å²) < 4.78 is 19.0. The van der Waals surface area contributed by atoms with Gasteiger partial charge in [-0.05, 0) is 98.6 Å². The van der Waals surface area contributed by atoms with Gasteiger partial charge in [-0.25, -0.2) is 0 Å². The third kappa shape index (κ3) is 9.29. The lowest BCUT2D eigenvalue weighted by atomic mass is 9.84. The summed E-state index contributed by atoms with van der Waals surface area (Å²) in [6.07, 6.45) is 9.44. The molecule has 278 valence electrons. The quantitative estimate of drug-likeness (QED) is 0.115. The van der Waals surface area contributed by atoms with E-state index in [1.54, 1.807) is 24.4 Å². The molecule has 0 spiro atoms. The number of hydrogen-bond acceptors (Lipinski definition) is 9. The van der Waals surface area contributed by atoms with E-state index in [2.05, 4.69) is 59.4 Å². The standard InChI is InChI=1S/C42H47ClN4O6/c1-27-31(8-5-10-34(27)35-11-6-13-39(28(35)2)52-26-32-9-7-15-47-14-4-3-12-38(32)47)25-53-41-18-40(51-24-30-16-29(19-44)20-45-21-30)33(17-36(41)43)22-46-37(23-48)42(49)50/h5-6,8,10-11,13,16-18,20-21,32,37-38,46,48H,3-4,7,9,12,14-15,22-26H2,1-2H3,(H,49,50)/t32?,37-,38-/m1/s1. The van der Waals surface area contributed by atoms with Gasteiger partial charge >= 0.3 is 5.97 Å². The summed E-state index contributed by atoms with van der Waals surface area (Å²) in [6.45, 7) is 7.22. The summed E-state index contributed by atoms with van der Waals surface area (Å²) in [4.78, 5) is 18.3. The number of aliphatic carboxylic acids is 1. The molecule has 3 N–H and O–H groups in total. The highest BCUT2D eigenvalue weighted by Gasteiger charge is 2.33. The lowest BCUT2D eigenvalue weighted by Crippen LogP contribution is -2.49. The van der Waals surface area contributed by atoms with Crippen LogP contribution in [0.15, 0.2) is 67.0 Å². The first-order valence-electron chi connectivity index (χ1n) is 18.3. The minimum Gasteiger partial charge on any atom is -0.493 e. The number of nitrogens with one attached hydrogen (secondary N) is 1. The van der Waals surface area contributed by atoms with Gasteiger partial charge in [0.2, 0.25) is 0 Å². The van der Waals surface area contributed by atoms with Gasteiger partial charge in [0.1, 0.15) is 42.6 Å². The van der Waals surface area contributed by atoms with Crippen molar-refractivity contribution >= 4 is 17.6 Å². The van der Waals surface area contributed by atoms with Crippen molar-refractivity contribution in [3.8, 4) is 34.4 Å². The van der Waals surface area contributed by atoms with Crippen molar-refractivity contribution in [2.45, 2.75) is 77.8 Å². The number of carbonyl (C=O) groups is 1. The van der Waals surface area contributed by atoms with Crippen LogP contribution >= 0.6 is 11.6 Å². The Balaban J connectivity index is 1.18. The third-order valence-corrected chi connectivity index (χ3v) is 10.8. The van der Waals surface area contributed by atoms with E-state index in [1.165, 1.54) is 51.4 Å². The molecule has 3 aromatic carbocycles. The van der Waals surface area contributed by atoms with Crippen LogP contribution in [0.4, 0.5) is 0 Å². The number of benzene rings is 3. The van der Waals surface area contributed by atoms with E-state index in [1.807, 2.05) is 12.1 Å². The van der Waals surface area contributed by atoms with Crippen molar-refractivity contribution < 1.29 is 29.2 Å². The summed E-state index contributed by atoms with van der Waals surface area (Å²) in [5.74, 6) is 1.11.